The first kappa shape index (κ1) is 58.6. The van der Waals surface area contributed by atoms with Crippen LogP contribution in [0.3, 0.4) is 0 Å². The molecule has 64 heavy (non-hydrogen) atoms. The fraction of sp³-hybridized carbons (Fsp3) is 0.704. The van der Waals surface area contributed by atoms with Crippen LogP contribution in [0.4, 0.5) is 0 Å². The summed E-state index contributed by atoms with van der Waals surface area (Å²) in [5, 5.41) is 22.2. The molecule has 0 saturated carbocycles. The van der Waals surface area contributed by atoms with Crippen LogP contribution in [0.15, 0.2) is 60.7 Å². The molecule has 2 N–H and O–H groups in total. The second kappa shape index (κ2) is 41.0. The first-order valence-electron chi connectivity index (χ1n) is 25.1. The number of esters is 2. The summed E-state index contributed by atoms with van der Waals surface area (Å²) in [5.74, 6) is -0.523. The Hall–Kier alpha value is -3.44. The van der Waals surface area contributed by atoms with Crippen molar-refractivity contribution in [1.82, 2.24) is 9.80 Å². The van der Waals surface area contributed by atoms with Crippen molar-refractivity contribution in [2.75, 3.05) is 61.1 Å². The van der Waals surface area contributed by atoms with E-state index in [1.54, 1.807) is 0 Å². The molecule has 0 spiro atoms. The number of aliphatic hydroxyl groups excluding tert-OH is 2. The minimum atomic E-state index is -0.532. The van der Waals surface area contributed by atoms with Crippen LogP contribution in [0.5, 0.6) is 17.2 Å². The lowest BCUT2D eigenvalue weighted by atomic mass is 10.1. The van der Waals surface area contributed by atoms with Crippen molar-refractivity contribution in [3.05, 3.63) is 66.3 Å². The first-order valence-corrected chi connectivity index (χ1v) is 25.1. The van der Waals surface area contributed by atoms with Gasteiger partial charge < -0.3 is 34.1 Å². The van der Waals surface area contributed by atoms with Crippen molar-refractivity contribution < 1.29 is 38.7 Å². The second-order valence-electron chi connectivity index (χ2n) is 17.5. The molecule has 0 amide bonds. The van der Waals surface area contributed by atoms with Crippen molar-refractivity contribution in [2.45, 2.75) is 187 Å². The third-order valence-electron chi connectivity index (χ3n) is 11.2. The Bertz CT molecular complexity index is 1350. The molecule has 0 saturated heterocycles. The lowest BCUT2D eigenvalue weighted by molar-refractivity contribution is -0.134. The summed E-state index contributed by atoms with van der Waals surface area (Å²) < 4.78 is 22.2. The minimum absolute atomic E-state index is 0.0980. The van der Waals surface area contributed by atoms with Crippen molar-refractivity contribution in [2.24, 2.45) is 0 Å². The van der Waals surface area contributed by atoms with E-state index in [1.165, 1.54) is 103 Å². The molecule has 0 aliphatic heterocycles. The van der Waals surface area contributed by atoms with Gasteiger partial charge in [0.15, 0.2) is 11.5 Å². The number of carbonyl (C=O) groups excluding carboxylic acids is 2. The maximum absolute atomic E-state index is 13.2. The molecule has 1 rings (SSSR count). The SMILES string of the molecule is CCCCCCC/C=C\C/C=C\CCCCC(O)CN(CCCC(=O)Oc1c(OC)cc(C(=O)OCCCN(C)C)cc1OC)CC(O)CCCC/C=C\C/C=C\CCCCCCC. The van der Waals surface area contributed by atoms with Crippen LogP contribution in [-0.2, 0) is 9.53 Å². The van der Waals surface area contributed by atoms with Gasteiger partial charge >= 0.3 is 11.9 Å². The molecule has 2 unspecified atom stereocenters. The van der Waals surface area contributed by atoms with Crippen molar-refractivity contribution in [1.29, 1.82) is 0 Å². The Morgan fingerprint density at radius 2 is 1.05 bits per heavy atom. The maximum Gasteiger partial charge on any atom is 0.338 e. The van der Waals surface area contributed by atoms with E-state index in [4.69, 9.17) is 18.9 Å². The Kier molecular flexibility index (Phi) is 37.5. The Morgan fingerprint density at radius 3 is 1.48 bits per heavy atom. The number of allylic oxidation sites excluding steroid dienone is 8. The van der Waals surface area contributed by atoms with E-state index in [0.29, 0.717) is 45.3 Å². The van der Waals surface area contributed by atoms with Crippen LogP contribution >= 0.6 is 0 Å². The zero-order chi connectivity index (χ0) is 46.9. The van der Waals surface area contributed by atoms with E-state index >= 15 is 0 Å². The minimum Gasteiger partial charge on any atom is -0.493 e. The normalized spacial score (nSPS) is 13.0. The molecule has 1 aromatic carbocycles. The van der Waals surface area contributed by atoms with Gasteiger partial charge in [0, 0.05) is 26.1 Å². The Balaban J connectivity index is 2.70. The van der Waals surface area contributed by atoms with Crippen LogP contribution in [0, 0.1) is 0 Å². The predicted octanol–water partition coefficient (Wildman–Crippen LogP) is 12.4. The molecule has 0 aliphatic carbocycles. The zero-order valence-electron chi connectivity index (χ0n) is 41.4. The summed E-state index contributed by atoms with van der Waals surface area (Å²) in [6.07, 6.45) is 42.9. The smallest absolute Gasteiger partial charge is 0.338 e. The van der Waals surface area contributed by atoms with E-state index in [0.717, 1.165) is 57.9 Å². The molecule has 366 valence electrons. The number of hydrogen-bond donors (Lipinski definition) is 2. The van der Waals surface area contributed by atoms with Crippen molar-refractivity contribution >= 4 is 11.9 Å². The largest absolute Gasteiger partial charge is 0.493 e. The molecular formula is C54H92N2O8. The molecule has 0 radical (unpaired) electrons. The van der Waals surface area contributed by atoms with E-state index in [1.807, 2.05) is 19.0 Å². The molecule has 0 aliphatic rings. The summed E-state index contributed by atoms with van der Waals surface area (Å²) in [5.41, 5.74) is 0.233. The number of rotatable bonds is 42. The highest BCUT2D eigenvalue weighted by atomic mass is 16.6. The third kappa shape index (κ3) is 32.3. The number of ether oxygens (including phenoxy) is 4. The van der Waals surface area contributed by atoms with Crippen molar-refractivity contribution in [3.63, 3.8) is 0 Å². The summed E-state index contributed by atoms with van der Waals surface area (Å²) >= 11 is 0. The number of methoxy groups -OCH3 is 2. The molecule has 0 heterocycles. The lowest BCUT2D eigenvalue weighted by Gasteiger charge is -2.27. The lowest BCUT2D eigenvalue weighted by Crippen LogP contribution is -2.39. The monoisotopic (exact) mass is 897 g/mol. The number of aliphatic hydroxyl groups is 2. The summed E-state index contributed by atoms with van der Waals surface area (Å²) in [6.45, 7) is 6.92. The Labute approximate surface area is 390 Å². The van der Waals surface area contributed by atoms with Crippen LogP contribution in [0.2, 0.25) is 0 Å². The standard InChI is InChI=1S/C54H92N2O8/c1-7-9-11-13-15-17-19-21-23-25-27-29-31-33-37-48(57)45-56(46-49(58)38-34-32-30-28-26-24-22-20-18-16-14-12-10-8-2)41-35-39-52(59)64-53-50(61-5)43-47(44-51(53)62-6)54(60)63-42-36-40-55(3)4/h19-22,25-28,43-44,48-49,57-58H,7-18,23-24,29-42,45-46H2,1-6H3/b21-19-,22-20-,27-25-,28-26-. The summed E-state index contributed by atoms with van der Waals surface area (Å²) in [7, 11) is 6.79. The topological polar surface area (TPSA) is 118 Å². The van der Waals surface area contributed by atoms with E-state index in [-0.39, 0.29) is 35.8 Å². The highest BCUT2D eigenvalue weighted by molar-refractivity contribution is 5.91. The molecule has 1 aromatic rings. The van der Waals surface area contributed by atoms with Gasteiger partial charge in [-0.25, -0.2) is 4.79 Å². The summed E-state index contributed by atoms with van der Waals surface area (Å²) in [4.78, 5) is 30.0. The third-order valence-corrected chi connectivity index (χ3v) is 11.2. The van der Waals surface area contributed by atoms with Crippen LogP contribution < -0.4 is 14.2 Å². The molecule has 10 heteroatoms. The Morgan fingerprint density at radius 1 is 0.594 bits per heavy atom. The summed E-state index contributed by atoms with van der Waals surface area (Å²) in [6, 6.07) is 2.97. The number of benzene rings is 1. The second-order valence-corrected chi connectivity index (χ2v) is 17.5. The number of hydrogen-bond acceptors (Lipinski definition) is 10. The highest BCUT2D eigenvalue weighted by Gasteiger charge is 2.22. The average Bonchev–Trinajstić information content (AvgIpc) is 3.27. The molecule has 2 atom stereocenters. The predicted molar refractivity (Wildman–Crippen MR) is 266 cm³/mol. The van der Waals surface area contributed by atoms with Gasteiger partial charge in [0.05, 0.1) is 38.6 Å². The molecule has 0 fully saturated rings. The number of nitrogens with zero attached hydrogens (tertiary/aromatic N) is 2. The quantitative estimate of drug-likeness (QED) is 0.0284. The van der Waals surface area contributed by atoms with Crippen LogP contribution in [0.25, 0.3) is 0 Å². The van der Waals surface area contributed by atoms with E-state index in [2.05, 4.69) is 67.4 Å². The fourth-order valence-corrected chi connectivity index (χ4v) is 7.40. The number of carbonyl (C=O) groups is 2. The highest BCUT2D eigenvalue weighted by Crippen LogP contribution is 2.39. The fourth-order valence-electron chi connectivity index (χ4n) is 7.40. The molecular weight excluding hydrogens is 805 g/mol. The van der Waals surface area contributed by atoms with Crippen molar-refractivity contribution in [3.8, 4) is 17.2 Å². The van der Waals surface area contributed by atoms with Gasteiger partial charge in [0.2, 0.25) is 5.75 Å². The van der Waals surface area contributed by atoms with Crippen LogP contribution in [0.1, 0.15) is 185 Å². The van der Waals surface area contributed by atoms with Gasteiger partial charge in [-0.05, 0) is 123 Å². The van der Waals surface area contributed by atoms with E-state index in [9.17, 15) is 19.8 Å². The van der Waals surface area contributed by atoms with E-state index < -0.39 is 24.1 Å². The number of unbranched alkanes of at least 4 members (excludes halogenated alkanes) is 14. The molecule has 10 nitrogen and oxygen atoms in total. The molecule has 0 bridgehead atoms. The van der Waals surface area contributed by atoms with Gasteiger partial charge in [-0.1, -0.05) is 127 Å². The van der Waals surface area contributed by atoms with Crippen LogP contribution in [-0.4, -0.2) is 105 Å². The first-order chi connectivity index (χ1) is 31.1. The van der Waals surface area contributed by atoms with Gasteiger partial charge in [0.25, 0.3) is 0 Å². The average molecular weight is 897 g/mol. The maximum atomic E-state index is 13.2. The molecule has 0 aromatic heterocycles. The van der Waals surface area contributed by atoms with Gasteiger partial charge in [-0.3, -0.25) is 9.69 Å². The van der Waals surface area contributed by atoms with Gasteiger partial charge in [0.1, 0.15) is 0 Å². The van der Waals surface area contributed by atoms with Gasteiger partial charge in [-0.2, -0.15) is 0 Å². The van der Waals surface area contributed by atoms with Gasteiger partial charge in [-0.15, -0.1) is 0 Å². The zero-order valence-corrected chi connectivity index (χ0v) is 41.4.